The number of ether oxygens (including phenoxy) is 2. The largest absolute Gasteiger partial charge is 0.493 e. The minimum Gasteiger partial charge on any atom is -0.493 e. The Morgan fingerprint density at radius 1 is 1.15 bits per heavy atom. The summed E-state index contributed by atoms with van der Waals surface area (Å²) in [6.45, 7) is 3.92. The number of hydrogen-bond donors (Lipinski definition) is 0. The van der Waals surface area contributed by atoms with Crippen LogP contribution in [-0.4, -0.2) is 66.3 Å². The van der Waals surface area contributed by atoms with Crippen LogP contribution in [0.15, 0.2) is 12.1 Å². The fourth-order valence-electron chi connectivity index (χ4n) is 2.88. The number of anilines is 1. The maximum atomic E-state index is 12.9. The van der Waals surface area contributed by atoms with E-state index in [1.165, 1.54) is 37.7 Å². The molecule has 1 aliphatic heterocycles. The molecule has 0 unspecified atom stereocenters. The fourth-order valence-corrected chi connectivity index (χ4v) is 3.61. The molecule has 11 heteroatoms. The second kappa shape index (κ2) is 7.74. The molecule has 1 aromatic heterocycles. The minimum atomic E-state index is -0.588. The first-order valence-corrected chi connectivity index (χ1v) is 9.01. The lowest BCUT2D eigenvalue weighted by molar-refractivity contribution is -0.385. The van der Waals surface area contributed by atoms with Crippen molar-refractivity contribution in [2.45, 2.75) is 6.92 Å². The number of rotatable bonds is 5. The van der Waals surface area contributed by atoms with Gasteiger partial charge in [-0.15, -0.1) is 10.2 Å². The van der Waals surface area contributed by atoms with Gasteiger partial charge in [-0.3, -0.25) is 14.9 Å². The second-order valence-corrected chi connectivity index (χ2v) is 7.02. The zero-order valence-electron chi connectivity index (χ0n) is 15.2. The first-order chi connectivity index (χ1) is 12.9. The summed E-state index contributed by atoms with van der Waals surface area (Å²) in [5, 5.41) is 21.3. The standard InChI is InChI=1S/C16H19N5O5S/c1-10-17-18-16(27-10)20-6-4-19(5-7-20)15(22)11-8-13(25-2)14(26-3)9-12(11)21(23)24/h8-9H,4-7H2,1-3H3. The quantitative estimate of drug-likeness (QED) is 0.558. The van der Waals surface area contributed by atoms with Crippen molar-refractivity contribution in [1.29, 1.82) is 0 Å². The molecule has 1 fully saturated rings. The summed E-state index contributed by atoms with van der Waals surface area (Å²) in [6.07, 6.45) is 0. The molecule has 1 aliphatic rings. The van der Waals surface area contributed by atoms with Gasteiger partial charge in [0.15, 0.2) is 11.5 Å². The SMILES string of the molecule is COc1cc(C(=O)N2CCN(c3nnc(C)s3)CC2)c([N+](=O)[O-])cc1OC. The summed E-state index contributed by atoms with van der Waals surface area (Å²) >= 11 is 1.50. The van der Waals surface area contributed by atoms with Gasteiger partial charge >= 0.3 is 0 Å². The molecule has 144 valence electrons. The summed E-state index contributed by atoms with van der Waals surface area (Å²) < 4.78 is 10.3. The third-order valence-electron chi connectivity index (χ3n) is 4.28. The molecule has 0 spiro atoms. The van der Waals surface area contributed by atoms with Gasteiger partial charge in [-0.1, -0.05) is 11.3 Å². The fraction of sp³-hybridized carbons (Fsp3) is 0.438. The Labute approximate surface area is 159 Å². The van der Waals surface area contributed by atoms with Gasteiger partial charge in [0.25, 0.3) is 11.6 Å². The predicted octanol–water partition coefficient (Wildman–Crippen LogP) is 1.73. The van der Waals surface area contributed by atoms with Gasteiger partial charge in [0, 0.05) is 32.2 Å². The Hall–Kier alpha value is -2.95. The van der Waals surface area contributed by atoms with Crippen LogP contribution in [0.3, 0.4) is 0 Å². The first kappa shape index (κ1) is 18.8. The number of benzene rings is 1. The number of methoxy groups -OCH3 is 2. The molecule has 0 saturated carbocycles. The Morgan fingerprint density at radius 3 is 2.30 bits per heavy atom. The van der Waals surface area contributed by atoms with Crippen LogP contribution < -0.4 is 14.4 Å². The molecule has 0 bridgehead atoms. The van der Waals surface area contributed by atoms with Crippen LogP contribution in [0, 0.1) is 17.0 Å². The average Bonchev–Trinajstić information content (AvgIpc) is 3.12. The van der Waals surface area contributed by atoms with Gasteiger partial charge in [-0.2, -0.15) is 0 Å². The lowest BCUT2D eigenvalue weighted by Gasteiger charge is -2.34. The van der Waals surface area contributed by atoms with E-state index in [1.54, 1.807) is 4.90 Å². The number of nitrogens with zero attached hydrogens (tertiary/aromatic N) is 5. The average molecular weight is 393 g/mol. The maximum absolute atomic E-state index is 12.9. The third kappa shape index (κ3) is 3.77. The highest BCUT2D eigenvalue weighted by Gasteiger charge is 2.30. The number of hydrogen-bond acceptors (Lipinski definition) is 9. The molecule has 1 aromatic carbocycles. The van der Waals surface area contributed by atoms with Gasteiger partial charge in [0.05, 0.1) is 25.2 Å². The molecular weight excluding hydrogens is 374 g/mol. The Bertz CT molecular complexity index is 863. The topological polar surface area (TPSA) is 111 Å². The van der Waals surface area contributed by atoms with Crippen molar-refractivity contribution < 1.29 is 19.2 Å². The number of aryl methyl sites for hydroxylation is 1. The Kier molecular flexibility index (Phi) is 5.40. The highest BCUT2D eigenvalue weighted by atomic mass is 32.1. The van der Waals surface area contributed by atoms with Crippen LogP contribution in [0.25, 0.3) is 0 Å². The van der Waals surface area contributed by atoms with Crippen molar-refractivity contribution in [2.75, 3.05) is 45.3 Å². The molecule has 0 aliphatic carbocycles. The van der Waals surface area contributed by atoms with Crippen molar-refractivity contribution in [2.24, 2.45) is 0 Å². The van der Waals surface area contributed by atoms with Gasteiger partial charge in [0.1, 0.15) is 10.6 Å². The van der Waals surface area contributed by atoms with E-state index in [1.807, 2.05) is 6.92 Å². The van der Waals surface area contributed by atoms with Crippen LogP contribution in [0.5, 0.6) is 11.5 Å². The summed E-state index contributed by atoms with van der Waals surface area (Å²) in [6, 6.07) is 2.58. The van der Waals surface area contributed by atoms with Crippen molar-refractivity contribution in [1.82, 2.24) is 15.1 Å². The van der Waals surface area contributed by atoms with Crippen molar-refractivity contribution >= 4 is 28.1 Å². The first-order valence-electron chi connectivity index (χ1n) is 8.19. The number of amides is 1. The van der Waals surface area contributed by atoms with E-state index in [2.05, 4.69) is 15.1 Å². The van der Waals surface area contributed by atoms with E-state index in [9.17, 15) is 14.9 Å². The van der Waals surface area contributed by atoms with E-state index in [-0.39, 0.29) is 22.7 Å². The zero-order chi connectivity index (χ0) is 19.6. The van der Waals surface area contributed by atoms with E-state index in [0.717, 1.165) is 10.1 Å². The van der Waals surface area contributed by atoms with Crippen LogP contribution in [0.1, 0.15) is 15.4 Å². The molecule has 1 saturated heterocycles. The summed E-state index contributed by atoms with van der Waals surface area (Å²) in [5.41, 5.74) is -0.322. The molecular formula is C16H19N5O5S. The molecule has 27 heavy (non-hydrogen) atoms. The molecule has 0 atom stereocenters. The zero-order valence-corrected chi connectivity index (χ0v) is 16.0. The lowest BCUT2D eigenvalue weighted by atomic mass is 10.1. The summed E-state index contributed by atoms with van der Waals surface area (Å²) in [7, 11) is 2.80. The number of carbonyl (C=O) groups excluding carboxylic acids is 1. The molecule has 1 amide bonds. The predicted molar refractivity (Wildman–Crippen MR) is 99.0 cm³/mol. The van der Waals surface area contributed by atoms with E-state index >= 15 is 0 Å². The van der Waals surface area contributed by atoms with E-state index < -0.39 is 10.8 Å². The highest BCUT2D eigenvalue weighted by molar-refractivity contribution is 7.15. The lowest BCUT2D eigenvalue weighted by Crippen LogP contribution is -2.48. The molecule has 10 nitrogen and oxygen atoms in total. The molecule has 2 aromatic rings. The summed E-state index contributed by atoms with van der Waals surface area (Å²) in [5.74, 6) is 0.0716. The van der Waals surface area contributed by atoms with Gasteiger partial charge < -0.3 is 19.3 Å². The van der Waals surface area contributed by atoms with Gasteiger partial charge in [-0.25, -0.2) is 0 Å². The normalized spacial score (nSPS) is 14.2. The molecule has 0 N–H and O–H groups in total. The van der Waals surface area contributed by atoms with Crippen molar-refractivity contribution in [3.05, 3.63) is 32.8 Å². The Morgan fingerprint density at radius 2 is 1.78 bits per heavy atom. The van der Waals surface area contributed by atoms with Crippen LogP contribution in [-0.2, 0) is 0 Å². The van der Waals surface area contributed by atoms with Crippen molar-refractivity contribution in [3.8, 4) is 11.5 Å². The van der Waals surface area contributed by atoms with E-state index in [0.29, 0.717) is 26.2 Å². The van der Waals surface area contributed by atoms with Crippen LogP contribution in [0.2, 0.25) is 0 Å². The minimum absolute atomic E-state index is 0.0159. The number of carbonyl (C=O) groups is 1. The van der Waals surface area contributed by atoms with Crippen LogP contribution in [0.4, 0.5) is 10.8 Å². The third-order valence-corrected chi connectivity index (χ3v) is 5.18. The molecule has 3 rings (SSSR count). The number of piperazine rings is 1. The van der Waals surface area contributed by atoms with Crippen molar-refractivity contribution in [3.63, 3.8) is 0 Å². The summed E-state index contributed by atoms with van der Waals surface area (Å²) in [4.78, 5) is 27.4. The number of nitro groups is 1. The Balaban J connectivity index is 1.80. The monoisotopic (exact) mass is 393 g/mol. The number of aromatic nitrogens is 2. The van der Waals surface area contributed by atoms with E-state index in [4.69, 9.17) is 9.47 Å². The van der Waals surface area contributed by atoms with Gasteiger partial charge in [-0.05, 0) is 6.92 Å². The highest BCUT2D eigenvalue weighted by Crippen LogP contribution is 2.35. The molecule has 0 radical (unpaired) electrons. The smallest absolute Gasteiger partial charge is 0.286 e. The number of nitro benzene ring substituents is 1. The van der Waals surface area contributed by atoms with Crippen LogP contribution >= 0.6 is 11.3 Å². The molecule has 2 heterocycles. The van der Waals surface area contributed by atoms with Gasteiger partial charge in [0.2, 0.25) is 5.13 Å². The maximum Gasteiger partial charge on any atom is 0.286 e. The second-order valence-electron chi connectivity index (χ2n) is 5.86.